The van der Waals surface area contributed by atoms with E-state index in [1.807, 2.05) is 0 Å². The number of carboxylic acids is 1. The van der Waals surface area contributed by atoms with E-state index < -0.39 is 29.7 Å². The summed E-state index contributed by atoms with van der Waals surface area (Å²) in [6, 6.07) is 2.16. The summed E-state index contributed by atoms with van der Waals surface area (Å²) in [5, 5.41) is 11.8. The van der Waals surface area contributed by atoms with Crippen molar-refractivity contribution in [1.29, 1.82) is 0 Å². The number of nitrogens with one attached hydrogen (secondary N) is 1. The third kappa shape index (κ3) is 5.22. The maximum atomic E-state index is 12.1. The van der Waals surface area contributed by atoms with Gasteiger partial charge in [-0.2, -0.15) is 0 Å². The van der Waals surface area contributed by atoms with Gasteiger partial charge in [0.25, 0.3) is 0 Å². The average Bonchev–Trinajstić information content (AvgIpc) is 2.43. The van der Waals surface area contributed by atoms with Crippen LogP contribution in [0.1, 0.15) is 30.6 Å². The van der Waals surface area contributed by atoms with Crippen molar-refractivity contribution in [2.45, 2.75) is 32.4 Å². The van der Waals surface area contributed by atoms with E-state index in [-0.39, 0.29) is 23.6 Å². The van der Waals surface area contributed by atoms with Crippen molar-refractivity contribution in [3.05, 3.63) is 28.8 Å². The van der Waals surface area contributed by atoms with Crippen LogP contribution < -0.4 is 16.8 Å². The molecule has 0 saturated heterocycles. The summed E-state index contributed by atoms with van der Waals surface area (Å²) in [6.45, 7) is 3.31. The molecule has 0 bridgehead atoms. The van der Waals surface area contributed by atoms with Gasteiger partial charge in [0.1, 0.15) is 6.04 Å². The molecule has 0 spiro atoms. The number of halogens is 1. The Bertz CT molecular complexity index is 619. The van der Waals surface area contributed by atoms with E-state index in [1.165, 1.54) is 18.2 Å². The van der Waals surface area contributed by atoms with Crippen LogP contribution >= 0.6 is 11.6 Å². The summed E-state index contributed by atoms with van der Waals surface area (Å²) in [7, 11) is 0. The number of hydrogen-bond donors (Lipinski definition) is 4. The first-order valence-electron chi connectivity index (χ1n) is 7.00. The van der Waals surface area contributed by atoms with Crippen LogP contribution in [0.15, 0.2) is 18.2 Å². The summed E-state index contributed by atoms with van der Waals surface area (Å²) < 4.78 is 0. The Hall–Kier alpha value is -2.12. The molecule has 0 aromatic heterocycles. The lowest BCUT2D eigenvalue weighted by Crippen LogP contribution is -2.51. The molecule has 0 saturated carbocycles. The normalized spacial score (nSPS) is 13.4. The number of ketones is 1. The van der Waals surface area contributed by atoms with Crippen LogP contribution in [-0.2, 0) is 9.59 Å². The quantitative estimate of drug-likeness (QED) is 0.432. The Morgan fingerprint density at radius 3 is 2.39 bits per heavy atom. The largest absolute Gasteiger partial charge is 0.480 e. The van der Waals surface area contributed by atoms with Gasteiger partial charge in [0.2, 0.25) is 5.91 Å². The second-order valence-corrected chi connectivity index (χ2v) is 5.97. The zero-order valence-electron chi connectivity index (χ0n) is 12.9. The summed E-state index contributed by atoms with van der Waals surface area (Å²) in [6.07, 6.45) is -0.290. The molecule has 6 N–H and O–H groups in total. The predicted octanol–water partition coefficient (Wildman–Crippen LogP) is 1.05. The summed E-state index contributed by atoms with van der Waals surface area (Å²) in [4.78, 5) is 35.2. The topological polar surface area (TPSA) is 136 Å². The van der Waals surface area contributed by atoms with Crippen molar-refractivity contribution >= 4 is 34.9 Å². The Balaban J connectivity index is 2.74. The van der Waals surface area contributed by atoms with E-state index in [4.69, 9.17) is 28.2 Å². The first-order chi connectivity index (χ1) is 10.6. The van der Waals surface area contributed by atoms with Crippen LogP contribution in [0.2, 0.25) is 5.02 Å². The minimum atomic E-state index is -1.17. The monoisotopic (exact) mass is 341 g/mol. The molecule has 0 aliphatic rings. The van der Waals surface area contributed by atoms with Crippen LogP contribution in [-0.4, -0.2) is 34.8 Å². The number of benzene rings is 1. The van der Waals surface area contributed by atoms with Crippen molar-refractivity contribution in [2.75, 3.05) is 5.73 Å². The van der Waals surface area contributed by atoms with Gasteiger partial charge in [-0.1, -0.05) is 25.4 Å². The van der Waals surface area contributed by atoms with E-state index in [2.05, 4.69) is 5.32 Å². The van der Waals surface area contributed by atoms with Crippen LogP contribution in [0, 0.1) is 5.92 Å². The molecular formula is C15H20ClN3O4. The fraction of sp³-hybridized carbons (Fsp3) is 0.400. The fourth-order valence-electron chi connectivity index (χ4n) is 1.96. The molecule has 2 atom stereocenters. The lowest BCUT2D eigenvalue weighted by atomic mass is 10.0. The molecule has 0 aliphatic carbocycles. The Morgan fingerprint density at radius 1 is 1.30 bits per heavy atom. The van der Waals surface area contributed by atoms with E-state index in [0.717, 1.165) is 0 Å². The molecule has 0 fully saturated rings. The van der Waals surface area contributed by atoms with Gasteiger partial charge in [0.15, 0.2) is 5.78 Å². The van der Waals surface area contributed by atoms with E-state index in [0.29, 0.717) is 5.02 Å². The molecule has 1 amide bonds. The fourth-order valence-corrected chi connectivity index (χ4v) is 2.14. The lowest BCUT2D eigenvalue weighted by Gasteiger charge is -2.20. The minimum Gasteiger partial charge on any atom is -0.480 e. The van der Waals surface area contributed by atoms with Crippen molar-refractivity contribution in [2.24, 2.45) is 11.7 Å². The Kier molecular flexibility index (Phi) is 6.53. The van der Waals surface area contributed by atoms with Gasteiger partial charge in [-0.3, -0.25) is 9.59 Å². The van der Waals surface area contributed by atoms with Crippen molar-refractivity contribution in [3.8, 4) is 0 Å². The third-order valence-electron chi connectivity index (χ3n) is 3.29. The molecule has 0 aliphatic heterocycles. The number of rotatable bonds is 7. The van der Waals surface area contributed by atoms with Gasteiger partial charge in [-0.05, 0) is 24.1 Å². The van der Waals surface area contributed by atoms with E-state index in [1.54, 1.807) is 13.8 Å². The van der Waals surface area contributed by atoms with Gasteiger partial charge in [-0.15, -0.1) is 0 Å². The second kappa shape index (κ2) is 7.94. The SMILES string of the molecule is CC(C)C(NC(=O)C(N)CC(=O)c1ccc(Cl)cc1N)C(=O)O. The highest BCUT2D eigenvalue weighted by Gasteiger charge is 2.27. The summed E-state index contributed by atoms with van der Waals surface area (Å²) in [5.74, 6) is -2.59. The van der Waals surface area contributed by atoms with Gasteiger partial charge >= 0.3 is 5.97 Å². The number of carbonyl (C=O) groups excluding carboxylic acids is 2. The number of carboxylic acid groups (broad SMARTS) is 1. The van der Waals surface area contributed by atoms with Gasteiger partial charge in [0, 0.05) is 22.7 Å². The molecule has 0 heterocycles. The van der Waals surface area contributed by atoms with Gasteiger partial charge < -0.3 is 21.9 Å². The molecule has 2 unspecified atom stereocenters. The minimum absolute atomic E-state index is 0.195. The second-order valence-electron chi connectivity index (χ2n) is 5.53. The van der Waals surface area contributed by atoms with Crippen LogP contribution in [0.25, 0.3) is 0 Å². The third-order valence-corrected chi connectivity index (χ3v) is 3.52. The Morgan fingerprint density at radius 2 is 1.91 bits per heavy atom. The number of Topliss-reactive ketones (excluding diaryl/α,β-unsaturated/α-hetero) is 1. The zero-order chi connectivity index (χ0) is 17.7. The molecule has 0 radical (unpaired) electrons. The smallest absolute Gasteiger partial charge is 0.326 e. The van der Waals surface area contributed by atoms with Crippen LogP contribution in [0.4, 0.5) is 5.69 Å². The van der Waals surface area contributed by atoms with E-state index in [9.17, 15) is 14.4 Å². The number of anilines is 1. The molecule has 7 nitrogen and oxygen atoms in total. The first-order valence-corrected chi connectivity index (χ1v) is 7.38. The van der Waals surface area contributed by atoms with E-state index >= 15 is 0 Å². The van der Waals surface area contributed by atoms with Crippen LogP contribution in [0.5, 0.6) is 0 Å². The Labute approximate surface area is 139 Å². The maximum absolute atomic E-state index is 12.1. The van der Waals surface area contributed by atoms with Gasteiger partial charge in [0.05, 0.1) is 6.04 Å². The van der Waals surface area contributed by atoms with Crippen molar-refractivity contribution in [1.82, 2.24) is 5.32 Å². The average molecular weight is 342 g/mol. The highest BCUT2D eigenvalue weighted by Crippen LogP contribution is 2.19. The highest BCUT2D eigenvalue weighted by atomic mass is 35.5. The standard InChI is InChI=1S/C15H20ClN3O4/c1-7(2)13(15(22)23)19-14(21)11(18)6-12(20)9-4-3-8(16)5-10(9)17/h3-5,7,11,13H,6,17-18H2,1-2H3,(H,19,21)(H,22,23). The number of amides is 1. The lowest BCUT2D eigenvalue weighted by molar-refractivity contribution is -0.143. The van der Waals surface area contributed by atoms with Crippen molar-refractivity contribution in [3.63, 3.8) is 0 Å². The molecule has 1 aromatic rings. The van der Waals surface area contributed by atoms with Crippen LogP contribution in [0.3, 0.4) is 0 Å². The maximum Gasteiger partial charge on any atom is 0.326 e. The molecule has 8 heteroatoms. The molecule has 1 aromatic carbocycles. The predicted molar refractivity (Wildman–Crippen MR) is 87.2 cm³/mol. The molecule has 23 heavy (non-hydrogen) atoms. The number of aliphatic carboxylic acids is 1. The molecule has 1 rings (SSSR count). The molecule has 126 valence electrons. The summed E-state index contributed by atoms with van der Waals surface area (Å²) >= 11 is 5.76. The van der Waals surface area contributed by atoms with Crippen molar-refractivity contribution < 1.29 is 19.5 Å². The summed E-state index contributed by atoms with van der Waals surface area (Å²) in [5.41, 5.74) is 11.8. The highest BCUT2D eigenvalue weighted by molar-refractivity contribution is 6.31. The molecular weight excluding hydrogens is 322 g/mol. The zero-order valence-corrected chi connectivity index (χ0v) is 13.6. The number of carbonyl (C=O) groups is 3. The number of nitrogens with two attached hydrogens (primary N) is 2. The number of nitrogen functional groups attached to an aromatic ring is 1. The van der Waals surface area contributed by atoms with Gasteiger partial charge in [-0.25, -0.2) is 4.79 Å². The number of hydrogen-bond acceptors (Lipinski definition) is 5. The first kappa shape index (κ1) is 18.9.